The van der Waals surface area contributed by atoms with Crippen molar-refractivity contribution in [3.8, 4) is 0 Å². The summed E-state index contributed by atoms with van der Waals surface area (Å²) in [5, 5.41) is 7.26. The largest absolute Gasteiger partial charge is 0.401 e. The number of aromatic nitrogens is 1. The highest BCUT2D eigenvalue weighted by atomic mass is 127. The van der Waals surface area contributed by atoms with Crippen LogP contribution in [0.5, 0.6) is 0 Å². The van der Waals surface area contributed by atoms with Gasteiger partial charge in [0.2, 0.25) is 0 Å². The highest BCUT2D eigenvalue weighted by Crippen LogP contribution is 2.20. The molecule has 3 rings (SSSR count). The van der Waals surface area contributed by atoms with E-state index in [1.54, 1.807) is 13.3 Å². The molecule has 11 heteroatoms. The quantitative estimate of drug-likeness (QED) is 0.384. The van der Waals surface area contributed by atoms with Crippen molar-refractivity contribution < 1.29 is 17.7 Å². The van der Waals surface area contributed by atoms with Gasteiger partial charge in [0.1, 0.15) is 6.26 Å². The summed E-state index contributed by atoms with van der Waals surface area (Å²) in [5.74, 6) is 0.768. The Labute approximate surface area is 173 Å². The minimum Gasteiger partial charge on any atom is -0.364 e. The minimum absolute atomic E-state index is 0. The fourth-order valence-electron chi connectivity index (χ4n) is 3.49. The van der Waals surface area contributed by atoms with Crippen LogP contribution in [0.25, 0.3) is 0 Å². The number of alkyl halides is 3. The fourth-order valence-corrected chi connectivity index (χ4v) is 3.49. The molecular weight excluding hydrogens is 476 g/mol. The maximum Gasteiger partial charge on any atom is 0.401 e. The van der Waals surface area contributed by atoms with Gasteiger partial charge in [0.15, 0.2) is 5.96 Å². The Kier molecular flexibility index (Phi) is 8.16. The summed E-state index contributed by atoms with van der Waals surface area (Å²) in [4.78, 5) is 10.2. The zero-order chi connectivity index (χ0) is 18.6. The first kappa shape index (κ1) is 22.2. The molecule has 0 spiro atoms. The normalized spacial score (nSPS) is 22.7. The van der Waals surface area contributed by atoms with Crippen molar-refractivity contribution in [1.29, 1.82) is 0 Å². The SMILES string of the molecule is CN=C(NC1CCN(CC(F)(F)F)C1)N1CCN(Cc2ccon2)CC1.I. The first-order chi connectivity index (χ1) is 12.4. The van der Waals surface area contributed by atoms with Gasteiger partial charge in [0, 0.05) is 65.0 Å². The second-order valence-corrected chi connectivity index (χ2v) is 6.78. The van der Waals surface area contributed by atoms with Crippen LogP contribution in [0.1, 0.15) is 12.1 Å². The Morgan fingerprint density at radius 2 is 2.00 bits per heavy atom. The molecule has 1 aromatic rings. The van der Waals surface area contributed by atoms with Crippen LogP contribution < -0.4 is 5.32 Å². The first-order valence-corrected chi connectivity index (χ1v) is 8.82. The van der Waals surface area contributed by atoms with E-state index in [2.05, 4.69) is 25.3 Å². The standard InChI is InChI=1S/C16H25F3N6O.HI/c1-20-15(21-13-2-4-24(10-13)12-16(17,18)19)25-7-5-23(6-8-25)11-14-3-9-26-22-14;/h3,9,13H,2,4-8,10-12H2,1H3,(H,20,21);1H. The number of hydrogen-bond donors (Lipinski definition) is 1. The molecule has 154 valence electrons. The molecule has 0 radical (unpaired) electrons. The molecule has 1 aromatic heterocycles. The summed E-state index contributed by atoms with van der Waals surface area (Å²) >= 11 is 0. The predicted octanol–water partition coefficient (Wildman–Crippen LogP) is 1.62. The van der Waals surface area contributed by atoms with Crippen molar-refractivity contribution in [3.63, 3.8) is 0 Å². The molecule has 27 heavy (non-hydrogen) atoms. The lowest BCUT2D eigenvalue weighted by Crippen LogP contribution is -2.54. The molecule has 0 aromatic carbocycles. The molecule has 0 bridgehead atoms. The Balaban J connectivity index is 0.00000261. The van der Waals surface area contributed by atoms with E-state index in [0.717, 1.165) is 44.4 Å². The van der Waals surface area contributed by atoms with Crippen LogP contribution in [-0.2, 0) is 6.54 Å². The zero-order valence-electron chi connectivity index (χ0n) is 15.3. The zero-order valence-corrected chi connectivity index (χ0v) is 17.6. The highest BCUT2D eigenvalue weighted by Gasteiger charge is 2.35. The number of nitrogens with one attached hydrogen (secondary N) is 1. The van der Waals surface area contributed by atoms with E-state index in [4.69, 9.17) is 4.52 Å². The van der Waals surface area contributed by atoms with Crippen LogP contribution in [0.15, 0.2) is 21.8 Å². The summed E-state index contributed by atoms with van der Waals surface area (Å²) in [6.07, 6.45) is -1.88. The second-order valence-electron chi connectivity index (χ2n) is 6.78. The molecule has 1 unspecified atom stereocenters. The van der Waals surface area contributed by atoms with Gasteiger partial charge in [0.25, 0.3) is 0 Å². The molecule has 0 amide bonds. The molecule has 0 aliphatic carbocycles. The molecule has 2 saturated heterocycles. The molecule has 2 fully saturated rings. The summed E-state index contributed by atoms with van der Waals surface area (Å²) in [6, 6.07) is 1.86. The van der Waals surface area contributed by atoms with Gasteiger partial charge in [-0.15, -0.1) is 24.0 Å². The number of piperazine rings is 1. The van der Waals surface area contributed by atoms with Gasteiger partial charge < -0.3 is 14.7 Å². The summed E-state index contributed by atoms with van der Waals surface area (Å²) in [6.45, 7) is 4.14. The number of aliphatic imine (C=N–C) groups is 1. The van der Waals surface area contributed by atoms with Gasteiger partial charge in [-0.2, -0.15) is 13.2 Å². The Hall–Kier alpha value is -1.08. The summed E-state index contributed by atoms with van der Waals surface area (Å²) in [7, 11) is 1.71. The lowest BCUT2D eigenvalue weighted by molar-refractivity contribution is -0.143. The van der Waals surface area contributed by atoms with Crippen LogP contribution in [-0.4, -0.2) is 90.9 Å². The maximum absolute atomic E-state index is 12.5. The van der Waals surface area contributed by atoms with E-state index in [1.165, 1.54) is 4.90 Å². The van der Waals surface area contributed by atoms with Gasteiger partial charge in [-0.1, -0.05) is 5.16 Å². The average Bonchev–Trinajstić information content (AvgIpc) is 3.24. The fraction of sp³-hybridized carbons (Fsp3) is 0.750. The van der Waals surface area contributed by atoms with E-state index in [0.29, 0.717) is 19.5 Å². The van der Waals surface area contributed by atoms with Crippen LogP contribution in [0, 0.1) is 0 Å². The molecule has 1 N–H and O–H groups in total. The van der Waals surface area contributed by atoms with E-state index in [1.807, 2.05) is 6.07 Å². The molecule has 7 nitrogen and oxygen atoms in total. The number of halogens is 4. The molecule has 0 saturated carbocycles. The Morgan fingerprint density at radius 3 is 2.59 bits per heavy atom. The number of rotatable bonds is 4. The van der Waals surface area contributed by atoms with Crippen LogP contribution >= 0.6 is 24.0 Å². The molecular formula is C16H26F3IN6O. The second kappa shape index (κ2) is 9.92. The Morgan fingerprint density at radius 1 is 1.26 bits per heavy atom. The van der Waals surface area contributed by atoms with E-state index >= 15 is 0 Å². The van der Waals surface area contributed by atoms with Gasteiger partial charge in [-0.25, -0.2) is 0 Å². The number of guanidine groups is 1. The number of hydrogen-bond acceptors (Lipinski definition) is 5. The minimum atomic E-state index is -4.14. The van der Waals surface area contributed by atoms with E-state index < -0.39 is 12.7 Å². The van der Waals surface area contributed by atoms with Crippen molar-refractivity contribution in [3.05, 3.63) is 18.0 Å². The van der Waals surface area contributed by atoms with Gasteiger partial charge in [-0.3, -0.25) is 14.8 Å². The topological polar surface area (TPSA) is 60.1 Å². The third kappa shape index (κ3) is 6.79. The number of likely N-dealkylation sites (tertiary alicyclic amines) is 1. The smallest absolute Gasteiger partial charge is 0.364 e. The predicted molar refractivity (Wildman–Crippen MR) is 106 cm³/mol. The number of nitrogens with zero attached hydrogens (tertiary/aromatic N) is 5. The average molecular weight is 502 g/mol. The molecule has 1 atom stereocenters. The third-order valence-corrected chi connectivity index (χ3v) is 4.77. The van der Waals surface area contributed by atoms with Crippen LogP contribution in [0.4, 0.5) is 13.2 Å². The first-order valence-electron chi connectivity index (χ1n) is 8.82. The van der Waals surface area contributed by atoms with Crippen molar-refractivity contribution in [2.45, 2.75) is 25.2 Å². The van der Waals surface area contributed by atoms with Gasteiger partial charge >= 0.3 is 6.18 Å². The lowest BCUT2D eigenvalue weighted by Gasteiger charge is -2.36. The summed E-state index contributed by atoms with van der Waals surface area (Å²) < 4.78 is 42.4. The van der Waals surface area contributed by atoms with Gasteiger partial charge in [0.05, 0.1) is 12.2 Å². The van der Waals surface area contributed by atoms with Crippen LogP contribution in [0.3, 0.4) is 0 Å². The molecule has 2 aliphatic rings. The Bertz CT molecular complexity index is 589. The van der Waals surface area contributed by atoms with E-state index in [-0.39, 0.29) is 30.0 Å². The van der Waals surface area contributed by atoms with Crippen molar-refractivity contribution in [2.75, 3.05) is 52.9 Å². The molecule has 3 heterocycles. The van der Waals surface area contributed by atoms with Crippen molar-refractivity contribution in [2.24, 2.45) is 4.99 Å². The molecule has 2 aliphatic heterocycles. The summed E-state index contributed by atoms with van der Waals surface area (Å²) in [5.41, 5.74) is 0.914. The highest BCUT2D eigenvalue weighted by molar-refractivity contribution is 14.0. The van der Waals surface area contributed by atoms with Crippen molar-refractivity contribution in [1.82, 2.24) is 25.2 Å². The maximum atomic E-state index is 12.5. The lowest BCUT2D eigenvalue weighted by atomic mass is 10.2. The monoisotopic (exact) mass is 502 g/mol. The third-order valence-electron chi connectivity index (χ3n) is 4.77. The van der Waals surface area contributed by atoms with Crippen molar-refractivity contribution >= 4 is 29.9 Å². The van der Waals surface area contributed by atoms with E-state index in [9.17, 15) is 13.2 Å². The van der Waals surface area contributed by atoms with Gasteiger partial charge in [-0.05, 0) is 6.42 Å². The van der Waals surface area contributed by atoms with Crippen LogP contribution in [0.2, 0.25) is 0 Å².